The van der Waals surface area contributed by atoms with Crippen LogP contribution in [0.25, 0.3) is 0 Å². The van der Waals surface area contributed by atoms with Crippen LogP contribution in [0.3, 0.4) is 0 Å². The van der Waals surface area contributed by atoms with Crippen LogP contribution in [0.2, 0.25) is 0 Å². The smallest absolute Gasteiger partial charge is 0.321 e. The largest absolute Gasteiger partial charge is 0.326 e. The Labute approximate surface area is 126 Å². The maximum absolute atomic E-state index is 12.3. The van der Waals surface area contributed by atoms with E-state index < -0.39 is 0 Å². The van der Waals surface area contributed by atoms with Crippen molar-refractivity contribution in [2.24, 2.45) is 5.73 Å². The van der Waals surface area contributed by atoms with Crippen LogP contribution < -0.4 is 11.1 Å². The Balaban J connectivity index is 1.56. The Morgan fingerprint density at radius 2 is 2.10 bits per heavy atom. The third-order valence-corrected chi connectivity index (χ3v) is 4.52. The van der Waals surface area contributed by atoms with Crippen LogP contribution in [-0.2, 0) is 6.54 Å². The molecule has 2 fully saturated rings. The number of likely N-dealkylation sites (tertiary alicyclic amines) is 2. The lowest BCUT2D eigenvalue weighted by atomic mass is 10.2. The molecule has 3 N–H and O–H groups in total. The van der Waals surface area contributed by atoms with Gasteiger partial charge in [0.05, 0.1) is 0 Å². The summed E-state index contributed by atoms with van der Waals surface area (Å²) in [6, 6.07) is 8.29. The number of carbonyl (C=O) groups is 1. The van der Waals surface area contributed by atoms with Crippen molar-refractivity contribution in [3.8, 4) is 0 Å². The zero-order valence-corrected chi connectivity index (χ0v) is 12.4. The van der Waals surface area contributed by atoms with E-state index in [0.29, 0.717) is 12.6 Å². The van der Waals surface area contributed by atoms with Gasteiger partial charge in [-0.1, -0.05) is 12.1 Å². The van der Waals surface area contributed by atoms with Crippen molar-refractivity contribution in [1.82, 2.24) is 9.80 Å². The summed E-state index contributed by atoms with van der Waals surface area (Å²) in [7, 11) is 0. The number of nitrogens with zero attached hydrogens (tertiary/aromatic N) is 2. The van der Waals surface area contributed by atoms with Gasteiger partial charge in [-0.3, -0.25) is 4.90 Å². The number of amides is 2. The lowest BCUT2D eigenvalue weighted by Crippen LogP contribution is -2.38. The summed E-state index contributed by atoms with van der Waals surface area (Å²) in [5.74, 6) is 0. The first-order valence-electron chi connectivity index (χ1n) is 7.85. The maximum Gasteiger partial charge on any atom is 0.321 e. The normalized spacial score (nSPS) is 22.7. The van der Waals surface area contributed by atoms with E-state index in [1.54, 1.807) is 0 Å². The Morgan fingerprint density at radius 3 is 2.86 bits per heavy atom. The second-order valence-corrected chi connectivity index (χ2v) is 5.97. The zero-order valence-electron chi connectivity index (χ0n) is 12.4. The molecule has 3 rings (SSSR count). The molecule has 0 aromatic heterocycles. The molecular weight excluding hydrogens is 264 g/mol. The van der Waals surface area contributed by atoms with Crippen LogP contribution in [0.5, 0.6) is 0 Å². The molecule has 2 aliphatic heterocycles. The van der Waals surface area contributed by atoms with Gasteiger partial charge in [-0.2, -0.15) is 0 Å². The summed E-state index contributed by atoms with van der Waals surface area (Å²) in [5.41, 5.74) is 7.49. The molecule has 1 aromatic carbocycles. The van der Waals surface area contributed by atoms with Gasteiger partial charge < -0.3 is 16.0 Å². The highest BCUT2D eigenvalue weighted by atomic mass is 16.2. The molecule has 0 spiro atoms. The molecule has 114 valence electrons. The fourth-order valence-electron chi connectivity index (χ4n) is 3.31. The Morgan fingerprint density at radius 1 is 1.29 bits per heavy atom. The van der Waals surface area contributed by atoms with Gasteiger partial charge in [0.2, 0.25) is 0 Å². The van der Waals surface area contributed by atoms with Crippen molar-refractivity contribution >= 4 is 11.7 Å². The quantitative estimate of drug-likeness (QED) is 0.892. The van der Waals surface area contributed by atoms with Crippen molar-refractivity contribution in [2.45, 2.75) is 31.8 Å². The number of rotatable bonds is 3. The maximum atomic E-state index is 12.3. The minimum Gasteiger partial charge on any atom is -0.326 e. The van der Waals surface area contributed by atoms with E-state index in [0.717, 1.165) is 30.8 Å². The molecule has 2 amide bonds. The van der Waals surface area contributed by atoms with Gasteiger partial charge in [-0.05, 0) is 50.0 Å². The predicted molar refractivity (Wildman–Crippen MR) is 84.1 cm³/mol. The van der Waals surface area contributed by atoms with Crippen molar-refractivity contribution < 1.29 is 4.79 Å². The molecule has 0 saturated carbocycles. The minimum absolute atomic E-state index is 0.00543. The summed E-state index contributed by atoms with van der Waals surface area (Å²) >= 11 is 0. The highest BCUT2D eigenvalue weighted by Gasteiger charge is 2.31. The average Bonchev–Trinajstić information content (AvgIpc) is 3.18. The third-order valence-electron chi connectivity index (χ3n) is 4.52. The van der Waals surface area contributed by atoms with E-state index in [9.17, 15) is 4.79 Å². The predicted octanol–water partition coefficient (Wildman–Crippen LogP) is 1.85. The molecule has 21 heavy (non-hydrogen) atoms. The van der Waals surface area contributed by atoms with Crippen LogP contribution in [0.1, 0.15) is 24.8 Å². The van der Waals surface area contributed by atoms with Crippen LogP contribution in [0, 0.1) is 0 Å². The summed E-state index contributed by atoms with van der Waals surface area (Å²) in [6.07, 6.45) is 3.69. The van der Waals surface area contributed by atoms with Crippen molar-refractivity contribution in [2.75, 3.05) is 31.5 Å². The Bertz CT molecular complexity index is 499. The number of nitrogens with one attached hydrogen (secondary N) is 1. The summed E-state index contributed by atoms with van der Waals surface area (Å²) in [5, 5.41) is 2.98. The fraction of sp³-hybridized carbons (Fsp3) is 0.562. The van der Waals surface area contributed by atoms with Gasteiger partial charge in [0.25, 0.3) is 0 Å². The van der Waals surface area contributed by atoms with Gasteiger partial charge in [-0.15, -0.1) is 0 Å². The van der Waals surface area contributed by atoms with Gasteiger partial charge >= 0.3 is 6.03 Å². The number of anilines is 1. The van der Waals surface area contributed by atoms with Crippen LogP contribution in [0.4, 0.5) is 10.5 Å². The second kappa shape index (κ2) is 6.45. The van der Waals surface area contributed by atoms with Gasteiger partial charge in [-0.25, -0.2) is 4.79 Å². The highest BCUT2D eigenvalue weighted by molar-refractivity contribution is 5.89. The first-order chi connectivity index (χ1) is 10.3. The minimum atomic E-state index is 0.00543. The van der Waals surface area contributed by atoms with E-state index in [4.69, 9.17) is 5.73 Å². The molecule has 0 radical (unpaired) electrons. The SMILES string of the molecule is NCc1cccc(NC(=O)N2CCC(N3CCCC3)C2)c1. The number of benzene rings is 1. The Kier molecular flexibility index (Phi) is 4.41. The average molecular weight is 288 g/mol. The van der Waals surface area contributed by atoms with Crippen LogP contribution >= 0.6 is 0 Å². The number of hydrogen-bond donors (Lipinski definition) is 2. The monoisotopic (exact) mass is 288 g/mol. The van der Waals surface area contributed by atoms with E-state index in [-0.39, 0.29) is 6.03 Å². The first-order valence-corrected chi connectivity index (χ1v) is 7.85. The van der Waals surface area contributed by atoms with E-state index in [2.05, 4.69) is 10.2 Å². The molecule has 2 heterocycles. The summed E-state index contributed by atoms with van der Waals surface area (Å²) < 4.78 is 0. The molecule has 2 saturated heterocycles. The molecule has 0 aliphatic carbocycles. The van der Waals surface area contributed by atoms with Crippen molar-refractivity contribution in [3.05, 3.63) is 29.8 Å². The van der Waals surface area contributed by atoms with E-state index >= 15 is 0 Å². The molecular formula is C16H24N4O. The fourth-order valence-corrected chi connectivity index (χ4v) is 3.31. The van der Waals surface area contributed by atoms with Crippen LogP contribution in [0.15, 0.2) is 24.3 Å². The number of hydrogen-bond acceptors (Lipinski definition) is 3. The number of carbonyl (C=O) groups excluding carboxylic acids is 1. The molecule has 1 atom stereocenters. The number of urea groups is 1. The molecule has 1 aromatic rings. The molecule has 2 aliphatic rings. The highest BCUT2D eigenvalue weighted by Crippen LogP contribution is 2.21. The lowest BCUT2D eigenvalue weighted by Gasteiger charge is -2.23. The van der Waals surface area contributed by atoms with E-state index in [1.165, 1.54) is 25.9 Å². The summed E-state index contributed by atoms with van der Waals surface area (Å²) in [4.78, 5) is 16.8. The molecule has 5 heteroatoms. The zero-order chi connectivity index (χ0) is 14.7. The van der Waals surface area contributed by atoms with Crippen molar-refractivity contribution in [1.29, 1.82) is 0 Å². The Hall–Kier alpha value is -1.59. The molecule has 1 unspecified atom stereocenters. The molecule has 5 nitrogen and oxygen atoms in total. The second-order valence-electron chi connectivity index (χ2n) is 5.97. The lowest BCUT2D eigenvalue weighted by molar-refractivity contribution is 0.210. The van der Waals surface area contributed by atoms with E-state index in [1.807, 2.05) is 29.2 Å². The summed E-state index contributed by atoms with van der Waals surface area (Å²) in [6.45, 7) is 4.58. The molecule has 0 bridgehead atoms. The van der Waals surface area contributed by atoms with Crippen molar-refractivity contribution in [3.63, 3.8) is 0 Å². The van der Waals surface area contributed by atoms with Gasteiger partial charge in [0, 0.05) is 31.4 Å². The van der Waals surface area contributed by atoms with Gasteiger partial charge in [0.15, 0.2) is 0 Å². The standard InChI is InChI=1S/C16H24N4O/c17-11-13-4-3-5-14(10-13)18-16(21)20-9-6-15(12-20)19-7-1-2-8-19/h3-5,10,15H,1-2,6-9,11-12,17H2,(H,18,21). The van der Waals surface area contributed by atoms with Gasteiger partial charge in [0.1, 0.15) is 0 Å². The third kappa shape index (κ3) is 3.36. The number of nitrogens with two attached hydrogens (primary N) is 1. The van der Waals surface area contributed by atoms with Crippen LogP contribution in [-0.4, -0.2) is 48.1 Å². The first kappa shape index (κ1) is 14.4. The topological polar surface area (TPSA) is 61.6 Å².